The van der Waals surface area contributed by atoms with E-state index in [1.165, 1.54) is 0 Å². The summed E-state index contributed by atoms with van der Waals surface area (Å²) in [5, 5.41) is 3.04. The molecule has 2 aromatic heterocycles. The highest BCUT2D eigenvalue weighted by molar-refractivity contribution is 5.80. The molecule has 25 heavy (non-hydrogen) atoms. The minimum absolute atomic E-state index is 0.0158. The highest BCUT2D eigenvalue weighted by atomic mass is 16.5. The van der Waals surface area contributed by atoms with Crippen LogP contribution in [0.1, 0.15) is 23.5 Å². The molecule has 2 N–H and O–H groups in total. The number of pyridine rings is 1. The zero-order valence-corrected chi connectivity index (χ0v) is 14.3. The van der Waals surface area contributed by atoms with Crippen LogP contribution in [0.25, 0.3) is 0 Å². The van der Waals surface area contributed by atoms with Crippen LogP contribution in [0, 0.1) is 12.8 Å². The van der Waals surface area contributed by atoms with Crippen molar-refractivity contribution in [2.45, 2.75) is 38.6 Å². The van der Waals surface area contributed by atoms with Crippen molar-refractivity contribution in [1.29, 1.82) is 0 Å². The topological polar surface area (TPSA) is 83.1 Å². The van der Waals surface area contributed by atoms with Crippen molar-refractivity contribution < 1.29 is 9.53 Å². The van der Waals surface area contributed by atoms with E-state index in [1.54, 1.807) is 12.4 Å². The predicted molar refractivity (Wildman–Crippen MR) is 91.5 cm³/mol. The molecule has 0 bridgehead atoms. The number of rotatable bonds is 5. The molecule has 7 nitrogen and oxygen atoms in total. The van der Waals surface area contributed by atoms with Gasteiger partial charge in [-0.3, -0.25) is 14.7 Å². The minimum atomic E-state index is -0.131. The number of carbonyl (C=O) groups excluding carboxylic acids is 1. The Balaban J connectivity index is 1.40. The smallest absolute Gasteiger partial charge is 0.227 e. The Morgan fingerprint density at radius 2 is 2.40 bits per heavy atom. The summed E-state index contributed by atoms with van der Waals surface area (Å²) in [6, 6.07) is 4.14. The monoisotopic (exact) mass is 341 g/mol. The molecule has 2 aliphatic rings. The standard InChI is InChI=1S/C18H23N5O2/c1-12-20-9-14(22-12)10-23-11-15(17-16(23)4-6-25-17)18(24)21-8-13-3-2-5-19-7-13/h2-3,5,7,9,15-17H,4,6,8,10-11H2,1H3,(H,20,22)(H,21,24)/t15-,16+,17+/m0/s1. The zero-order chi connectivity index (χ0) is 17.2. The summed E-state index contributed by atoms with van der Waals surface area (Å²) in [5.74, 6) is 0.844. The number of hydrogen-bond donors (Lipinski definition) is 2. The molecule has 2 aromatic rings. The molecule has 7 heteroatoms. The van der Waals surface area contributed by atoms with Crippen LogP contribution < -0.4 is 5.32 Å². The van der Waals surface area contributed by atoms with E-state index in [2.05, 4.69) is 25.2 Å². The van der Waals surface area contributed by atoms with Gasteiger partial charge in [-0.1, -0.05) is 6.07 Å². The van der Waals surface area contributed by atoms with Gasteiger partial charge in [-0.25, -0.2) is 4.98 Å². The Kier molecular flexibility index (Phi) is 4.50. The number of carbonyl (C=O) groups is 1. The Labute approximate surface area is 146 Å². The average Bonchev–Trinajstić information content (AvgIpc) is 3.32. The van der Waals surface area contributed by atoms with E-state index in [0.717, 1.165) is 36.7 Å². The van der Waals surface area contributed by atoms with E-state index in [0.29, 0.717) is 19.1 Å². The van der Waals surface area contributed by atoms with Gasteiger partial charge in [0, 0.05) is 56.6 Å². The molecule has 0 saturated carbocycles. The van der Waals surface area contributed by atoms with E-state index >= 15 is 0 Å². The Bertz CT molecular complexity index is 732. The SMILES string of the molecule is Cc1ncc(CN2C[C@H](C(=O)NCc3cccnc3)[C@H]3OCC[C@H]32)[nH]1. The summed E-state index contributed by atoms with van der Waals surface area (Å²) >= 11 is 0. The lowest BCUT2D eigenvalue weighted by Gasteiger charge is -2.21. The number of nitrogens with zero attached hydrogens (tertiary/aromatic N) is 3. The van der Waals surface area contributed by atoms with Crippen molar-refractivity contribution in [3.05, 3.63) is 47.8 Å². The molecule has 1 amide bonds. The third-order valence-electron chi connectivity index (χ3n) is 5.06. The lowest BCUT2D eigenvalue weighted by molar-refractivity contribution is -0.127. The van der Waals surface area contributed by atoms with E-state index in [-0.39, 0.29) is 17.9 Å². The number of aryl methyl sites for hydroxylation is 1. The first-order valence-corrected chi connectivity index (χ1v) is 8.73. The Hall–Kier alpha value is -2.25. The number of nitrogens with one attached hydrogen (secondary N) is 2. The van der Waals surface area contributed by atoms with Crippen LogP contribution in [0.4, 0.5) is 0 Å². The molecule has 4 heterocycles. The predicted octanol–water partition coefficient (Wildman–Crippen LogP) is 1.02. The first-order valence-electron chi connectivity index (χ1n) is 8.73. The van der Waals surface area contributed by atoms with Gasteiger partial charge >= 0.3 is 0 Å². The van der Waals surface area contributed by atoms with Crippen LogP contribution in [0.2, 0.25) is 0 Å². The lowest BCUT2D eigenvalue weighted by atomic mass is 10.0. The van der Waals surface area contributed by atoms with E-state index in [1.807, 2.05) is 25.3 Å². The summed E-state index contributed by atoms with van der Waals surface area (Å²) in [6.45, 7) is 4.66. The van der Waals surface area contributed by atoms with E-state index < -0.39 is 0 Å². The summed E-state index contributed by atoms with van der Waals surface area (Å²) in [5.41, 5.74) is 2.09. The lowest BCUT2D eigenvalue weighted by Crippen LogP contribution is -2.37. The molecule has 132 valence electrons. The third kappa shape index (κ3) is 3.43. The van der Waals surface area contributed by atoms with Crippen molar-refractivity contribution in [2.75, 3.05) is 13.2 Å². The largest absolute Gasteiger partial charge is 0.376 e. The first-order chi connectivity index (χ1) is 12.2. The van der Waals surface area contributed by atoms with Gasteiger partial charge in [-0.2, -0.15) is 0 Å². The van der Waals surface area contributed by atoms with Crippen LogP contribution in [0.3, 0.4) is 0 Å². The van der Waals surface area contributed by atoms with Gasteiger partial charge in [-0.05, 0) is 25.0 Å². The van der Waals surface area contributed by atoms with Crippen LogP contribution >= 0.6 is 0 Å². The minimum Gasteiger partial charge on any atom is -0.376 e. The van der Waals surface area contributed by atoms with Crippen molar-refractivity contribution in [3.63, 3.8) is 0 Å². The van der Waals surface area contributed by atoms with Gasteiger partial charge in [0.25, 0.3) is 0 Å². The molecule has 0 radical (unpaired) electrons. The highest BCUT2D eigenvalue weighted by Crippen LogP contribution is 2.34. The highest BCUT2D eigenvalue weighted by Gasteiger charge is 2.48. The maximum atomic E-state index is 12.7. The van der Waals surface area contributed by atoms with Gasteiger partial charge in [-0.15, -0.1) is 0 Å². The zero-order valence-electron chi connectivity index (χ0n) is 14.3. The second-order valence-corrected chi connectivity index (χ2v) is 6.80. The van der Waals surface area contributed by atoms with Crippen LogP contribution in [0.5, 0.6) is 0 Å². The molecule has 0 spiro atoms. The number of hydrogen-bond acceptors (Lipinski definition) is 5. The van der Waals surface area contributed by atoms with E-state index in [9.17, 15) is 4.79 Å². The molecule has 3 atom stereocenters. The second-order valence-electron chi connectivity index (χ2n) is 6.80. The number of aromatic amines is 1. The van der Waals surface area contributed by atoms with Gasteiger partial charge in [0.1, 0.15) is 5.82 Å². The number of ether oxygens (including phenoxy) is 1. The number of amides is 1. The maximum Gasteiger partial charge on any atom is 0.227 e. The third-order valence-corrected chi connectivity index (χ3v) is 5.06. The molecule has 0 aromatic carbocycles. The molecular formula is C18H23N5O2. The normalized spacial score (nSPS) is 25.9. The molecule has 0 unspecified atom stereocenters. The molecular weight excluding hydrogens is 318 g/mol. The fourth-order valence-electron chi connectivity index (χ4n) is 3.87. The van der Waals surface area contributed by atoms with Gasteiger partial charge in [0.05, 0.1) is 12.0 Å². The molecule has 2 saturated heterocycles. The quantitative estimate of drug-likeness (QED) is 0.848. The Morgan fingerprint density at radius 1 is 1.48 bits per heavy atom. The Morgan fingerprint density at radius 3 is 3.16 bits per heavy atom. The fraction of sp³-hybridized carbons (Fsp3) is 0.500. The number of imidazole rings is 1. The van der Waals surface area contributed by atoms with Gasteiger partial charge in [0.15, 0.2) is 0 Å². The summed E-state index contributed by atoms with van der Waals surface area (Å²) in [7, 11) is 0. The number of aromatic nitrogens is 3. The van der Waals surface area contributed by atoms with Crippen molar-refractivity contribution in [3.8, 4) is 0 Å². The van der Waals surface area contributed by atoms with Crippen LogP contribution in [0.15, 0.2) is 30.7 Å². The number of H-pyrrole nitrogens is 1. The van der Waals surface area contributed by atoms with Crippen molar-refractivity contribution >= 4 is 5.91 Å². The summed E-state index contributed by atoms with van der Waals surface area (Å²) < 4.78 is 5.90. The van der Waals surface area contributed by atoms with Gasteiger partial charge in [0.2, 0.25) is 5.91 Å². The molecule has 4 rings (SSSR count). The number of likely N-dealkylation sites (tertiary alicyclic amines) is 1. The summed E-state index contributed by atoms with van der Waals surface area (Å²) in [6.07, 6.45) is 6.34. The van der Waals surface area contributed by atoms with Gasteiger partial charge < -0.3 is 15.0 Å². The second kappa shape index (κ2) is 6.93. The van der Waals surface area contributed by atoms with Crippen molar-refractivity contribution in [1.82, 2.24) is 25.2 Å². The molecule has 2 aliphatic heterocycles. The van der Waals surface area contributed by atoms with Crippen molar-refractivity contribution in [2.24, 2.45) is 5.92 Å². The fourth-order valence-corrected chi connectivity index (χ4v) is 3.87. The van der Waals surface area contributed by atoms with Crippen LogP contribution in [-0.2, 0) is 22.6 Å². The number of fused-ring (bicyclic) bond motifs is 1. The average molecular weight is 341 g/mol. The summed E-state index contributed by atoms with van der Waals surface area (Å²) in [4.78, 5) is 26.7. The van der Waals surface area contributed by atoms with E-state index in [4.69, 9.17) is 4.74 Å². The molecule has 2 fully saturated rings. The maximum absolute atomic E-state index is 12.7. The van der Waals surface area contributed by atoms with Crippen LogP contribution in [-0.4, -0.2) is 51.1 Å². The molecule has 0 aliphatic carbocycles. The first kappa shape index (κ1) is 16.2.